The Morgan fingerprint density at radius 2 is 1.87 bits per heavy atom. The largest absolute Gasteiger partial charge is 0.508 e. The molecule has 0 radical (unpaired) electrons. The number of nitrogens with zero attached hydrogens (tertiary/aromatic N) is 1. The molecule has 1 saturated heterocycles. The van der Waals surface area contributed by atoms with Crippen LogP contribution in [0.15, 0.2) is 60.7 Å². The number of urea groups is 1. The Balaban J connectivity index is 1.40. The van der Waals surface area contributed by atoms with Crippen molar-refractivity contribution in [3.05, 3.63) is 81.7 Å². The van der Waals surface area contributed by atoms with Gasteiger partial charge in [-0.1, -0.05) is 35.9 Å². The van der Waals surface area contributed by atoms with Crippen LogP contribution in [0.5, 0.6) is 5.75 Å². The van der Waals surface area contributed by atoms with Gasteiger partial charge in [-0.15, -0.1) is 11.3 Å². The summed E-state index contributed by atoms with van der Waals surface area (Å²) in [6.45, 7) is 2.31. The van der Waals surface area contributed by atoms with E-state index in [4.69, 9.17) is 16.7 Å². The molecule has 3 amide bonds. The highest BCUT2D eigenvalue weighted by Crippen LogP contribution is 2.22. The van der Waals surface area contributed by atoms with Crippen LogP contribution < -0.4 is 16.0 Å². The predicted molar refractivity (Wildman–Crippen MR) is 147 cm³/mol. The molecule has 0 unspecified atom stereocenters. The van der Waals surface area contributed by atoms with Crippen molar-refractivity contribution in [2.45, 2.75) is 37.9 Å². The molecule has 11 heteroatoms. The first kappa shape index (κ1) is 27.4. The topological polar surface area (TPSA) is 131 Å². The summed E-state index contributed by atoms with van der Waals surface area (Å²) in [5.74, 6) is -1.29. The molecule has 0 spiro atoms. The third kappa shape index (κ3) is 7.95. The number of carbonyl (C=O) groups is 3. The standard InChI is InChI=1S/C27H29ClN4O5S/c28-19-4-1-3-18(13-19)15-32-12-2-5-20(16-32)29-25(34)22(14-17-6-8-21(33)9-7-17)30-27(37)31-24-11-10-23(38-24)26(35)36/h1,3-4,6-11,13,20,22,33H,2,5,12,14-16H2,(H,29,34)(H,35,36)(H2,30,31,37)/t20-,22-/m0/s1. The fraction of sp³-hybridized carbons (Fsp3) is 0.296. The zero-order valence-corrected chi connectivity index (χ0v) is 22.1. The fourth-order valence-electron chi connectivity index (χ4n) is 4.42. The number of phenolic OH excluding ortho intramolecular Hbond substituents is 1. The van der Waals surface area contributed by atoms with Gasteiger partial charge in [0, 0.05) is 30.6 Å². The first-order valence-electron chi connectivity index (χ1n) is 12.2. The zero-order chi connectivity index (χ0) is 27.1. The van der Waals surface area contributed by atoms with E-state index in [0.29, 0.717) is 16.6 Å². The number of nitrogens with one attached hydrogen (secondary N) is 3. The number of anilines is 1. The minimum Gasteiger partial charge on any atom is -0.508 e. The highest BCUT2D eigenvalue weighted by molar-refractivity contribution is 7.18. The highest BCUT2D eigenvalue weighted by Gasteiger charge is 2.27. The minimum atomic E-state index is -1.08. The number of aromatic carboxylic acids is 1. The number of thiophene rings is 1. The first-order chi connectivity index (χ1) is 18.2. The average molecular weight is 557 g/mol. The molecule has 1 fully saturated rings. The van der Waals surface area contributed by atoms with Crippen molar-refractivity contribution in [3.63, 3.8) is 0 Å². The number of halogens is 1. The van der Waals surface area contributed by atoms with E-state index in [1.807, 2.05) is 24.3 Å². The van der Waals surface area contributed by atoms with E-state index in [2.05, 4.69) is 20.9 Å². The van der Waals surface area contributed by atoms with E-state index >= 15 is 0 Å². The summed E-state index contributed by atoms with van der Waals surface area (Å²) >= 11 is 7.05. The molecule has 0 bridgehead atoms. The Bertz CT molecular complexity index is 1280. The number of benzene rings is 2. The van der Waals surface area contributed by atoms with E-state index in [9.17, 15) is 19.5 Å². The summed E-state index contributed by atoms with van der Waals surface area (Å²) in [6.07, 6.45) is 1.96. The number of carbonyl (C=O) groups excluding carboxylic acids is 2. The quantitative estimate of drug-likeness (QED) is 0.267. The molecule has 4 rings (SSSR count). The Hall–Kier alpha value is -3.60. The molecule has 5 N–H and O–H groups in total. The summed E-state index contributed by atoms with van der Waals surface area (Å²) in [7, 11) is 0. The van der Waals surface area contributed by atoms with Crippen LogP contribution in [0.4, 0.5) is 9.80 Å². The van der Waals surface area contributed by atoms with Crippen LogP contribution in [0, 0.1) is 0 Å². The van der Waals surface area contributed by atoms with Crippen molar-refractivity contribution < 1.29 is 24.6 Å². The molecule has 38 heavy (non-hydrogen) atoms. The highest BCUT2D eigenvalue weighted by atomic mass is 35.5. The number of hydrogen-bond donors (Lipinski definition) is 5. The van der Waals surface area contributed by atoms with Gasteiger partial charge in [-0.05, 0) is 66.9 Å². The molecule has 2 heterocycles. The number of carboxylic acids is 1. The van der Waals surface area contributed by atoms with Crippen LogP contribution in [0.1, 0.15) is 33.6 Å². The van der Waals surface area contributed by atoms with Gasteiger partial charge in [0.05, 0.1) is 5.00 Å². The van der Waals surface area contributed by atoms with Crippen LogP contribution in [0.3, 0.4) is 0 Å². The second kappa shape index (κ2) is 12.8. The molecule has 1 aliphatic heterocycles. The maximum Gasteiger partial charge on any atom is 0.345 e. The third-order valence-corrected chi connectivity index (χ3v) is 7.42. The van der Waals surface area contributed by atoms with Gasteiger partial charge in [0.1, 0.15) is 16.7 Å². The monoisotopic (exact) mass is 556 g/mol. The van der Waals surface area contributed by atoms with E-state index in [-0.39, 0.29) is 29.0 Å². The van der Waals surface area contributed by atoms with Crippen LogP contribution in [-0.2, 0) is 17.8 Å². The summed E-state index contributed by atoms with van der Waals surface area (Å²) in [6, 6.07) is 15.5. The van der Waals surface area contributed by atoms with E-state index in [0.717, 1.165) is 48.4 Å². The van der Waals surface area contributed by atoms with Crippen LogP contribution in [0.2, 0.25) is 5.02 Å². The van der Waals surface area contributed by atoms with Gasteiger partial charge in [0.2, 0.25) is 5.91 Å². The number of aromatic hydroxyl groups is 1. The minimum absolute atomic E-state index is 0.0852. The lowest BCUT2D eigenvalue weighted by atomic mass is 10.0. The summed E-state index contributed by atoms with van der Waals surface area (Å²) in [5.41, 5.74) is 1.87. The number of hydrogen-bond acceptors (Lipinski definition) is 6. The number of rotatable bonds is 9. The lowest BCUT2D eigenvalue weighted by Crippen LogP contribution is -2.54. The van der Waals surface area contributed by atoms with E-state index in [1.54, 1.807) is 12.1 Å². The van der Waals surface area contributed by atoms with Crippen molar-refractivity contribution in [2.24, 2.45) is 0 Å². The second-order valence-electron chi connectivity index (χ2n) is 9.20. The van der Waals surface area contributed by atoms with Crippen molar-refractivity contribution in [1.82, 2.24) is 15.5 Å². The SMILES string of the molecule is O=C(Nc1ccc(C(=O)O)s1)N[C@@H](Cc1ccc(O)cc1)C(=O)N[C@H]1CCCN(Cc2cccc(Cl)c2)C1. The predicted octanol–water partition coefficient (Wildman–Crippen LogP) is 4.32. The molecule has 1 aliphatic rings. The Labute approximate surface area is 229 Å². The van der Waals surface area contributed by atoms with Gasteiger partial charge in [-0.2, -0.15) is 0 Å². The number of amides is 3. The van der Waals surface area contributed by atoms with Crippen LogP contribution in [-0.4, -0.2) is 58.2 Å². The molecule has 0 aliphatic carbocycles. The van der Waals surface area contributed by atoms with Gasteiger partial charge in [0.25, 0.3) is 0 Å². The molecule has 2 aromatic carbocycles. The van der Waals surface area contributed by atoms with Gasteiger partial charge < -0.3 is 20.8 Å². The van der Waals surface area contributed by atoms with Gasteiger partial charge >= 0.3 is 12.0 Å². The Morgan fingerprint density at radius 1 is 1.08 bits per heavy atom. The molecule has 0 saturated carbocycles. The summed E-state index contributed by atoms with van der Waals surface area (Å²) in [5, 5.41) is 28.2. The normalized spacial score (nSPS) is 16.4. The van der Waals surface area contributed by atoms with Crippen LogP contribution in [0.25, 0.3) is 0 Å². The Kier molecular flexibility index (Phi) is 9.22. The van der Waals surface area contributed by atoms with Gasteiger partial charge in [0.15, 0.2) is 0 Å². The van der Waals surface area contributed by atoms with Crippen LogP contribution >= 0.6 is 22.9 Å². The molecule has 200 valence electrons. The zero-order valence-electron chi connectivity index (χ0n) is 20.5. The second-order valence-corrected chi connectivity index (χ2v) is 10.7. The molecule has 3 aromatic rings. The van der Waals surface area contributed by atoms with E-state index < -0.39 is 18.0 Å². The van der Waals surface area contributed by atoms with Crippen molar-refractivity contribution >= 4 is 45.8 Å². The average Bonchev–Trinajstić information content (AvgIpc) is 3.34. The molecule has 2 atom stereocenters. The van der Waals surface area contributed by atoms with Gasteiger partial charge in [-0.3, -0.25) is 15.0 Å². The van der Waals surface area contributed by atoms with Crippen molar-refractivity contribution in [1.29, 1.82) is 0 Å². The number of likely N-dealkylation sites (tertiary alicyclic amines) is 1. The summed E-state index contributed by atoms with van der Waals surface area (Å²) < 4.78 is 0. The fourth-order valence-corrected chi connectivity index (χ4v) is 5.37. The number of piperidine rings is 1. The third-order valence-electron chi connectivity index (χ3n) is 6.20. The lowest BCUT2D eigenvalue weighted by molar-refractivity contribution is -0.124. The van der Waals surface area contributed by atoms with Crippen molar-refractivity contribution in [2.75, 3.05) is 18.4 Å². The number of phenols is 1. The lowest BCUT2D eigenvalue weighted by Gasteiger charge is -2.34. The molecular weight excluding hydrogens is 528 g/mol. The van der Waals surface area contributed by atoms with Crippen molar-refractivity contribution in [3.8, 4) is 5.75 Å². The molecule has 1 aromatic heterocycles. The summed E-state index contributed by atoms with van der Waals surface area (Å²) in [4.78, 5) is 39.6. The Morgan fingerprint density at radius 3 is 2.58 bits per heavy atom. The van der Waals surface area contributed by atoms with E-state index in [1.165, 1.54) is 24.3 Å². The smallest absolute Gasteiger partial charge is 0.345 e. The maximum atomic E-state index is 13.4. The van der Waals surface area contributed by atoms with Gasteiger partial charge in [-0.25, -0.2) is 9.59 Å². The molecular formula is C27H29ClN4O5S. The number of carboxylic acid groups (broad SMARTS) is 1. The first-order valence-corrected chi connectivity index (χ1v) is 13.4. The maximum absolute atomic E-state index is 13.4. The molecule has 9 nitrogen and oxygen atoms in total.